The molecule has 0 spiro atoms. The van der Waals surface area contributed by atoms with E-state index in [-0.39, 0.29) is 23.3 Å². The standard InChI is InChI=1S/C31H48N4O2/c1-21(2)18-27(35(9)20-23-10-14-24(15-11-23)30(3,4)5)29(37)33-26(28(36)34-31(6,7)8)19-22-12-16-25(32)17-13-22/h10-17,21,26-27H,18-20,32H2,1-9H3,(H,33,37)(H,34,36)/t26-,27+/m0/s1. The van der Waals surface area contributed by atoms with Crippen molar-refractivity contribution in [3.8, 4) is 0 Å². The SMILES string of the molecule is CC(C)C[C@H](C(=O)N[C@@H](Cc1ccc(N)cc1)C(=O)NC(C)(C)C)N(C)Cc1ccc(C(C)(C)C)cc1. The van der Waals surface area contributed by atoms with E-state index in [0.717, 1.165) is 11.1 Å². The zero-order valence-corrected chi connectivity index (χ0v) is 24.3. The first-order valence-corrected chi connectivity index (χ1v) is 13.3. The lowest BCUT2D eigenvalue weighted by Crippen LogP contribution is -2.56. The van der Waals surface area contributed by atoms with Gasteiger partial charge in [-0.3, -0.25) is 14.5 Å². The summed E-state index contributed by atoms with van der Waals surface area (Å²) in [7, 11) is 1.98. The number of benzene rings is 2. The lowest BCUT2D eigenvalue weighted by atomic mass is 9.86. The first kappa shape index (κ1) is 30.4. The molecule has 0 saturated carbocycles. The Morgan fingerprint density at radius 1 is 0.865 bits per heavy atom. The summed E-state index contributed by atoms with van der Waals surface area (Å²) in [6.45, 7) is 17.3. The fourth-order valence-corrected chi connectivity index (χ4v) is 4.27. The van der Waals surface area contributed by atoms with E-state index in [9.17, 15) is 9.59 Å². The first-order chi connectivity index (χ1) is 17.0. The number of hydrogen-bond donors (Lipinski definition) is 3. The van der Waals surface area contributed by atoms with Gasteiger partial charge in [0.05, 0.1) is 6.04 Å². The van der Waals surface area contributed by atoms with Crippen LogP contribution in [0.5, 0.6) is 0 Å². The quantitative estimate of drug-likeness (QED) is 0.392. The zero-order valence-electron chi connectivity index (χ0n) is 24.3. The van der Waals surface area contributed by atoms with Crippen LogP contribution >= 0.6 is 0 Å². The maximum Gasteiger partial charge on any atom is 0.243 e. The normalized spacial score (nSPS) is 13.9. The number of anilines is 1. The molecule has 0 aliphatic rings. The van der Waals surface area contributed by atoms with Gasteiger partial charge < -0.3 is 16.4 Å². The Kier molecular flexibility index (Phi) is 10.3. The predicted octanol–water partition coefficient (Wildman–Crippen LogP) is 5.06. The summed E-state index contributed by atoms with van der Waals surface area (Å²) >= 11 is 0. The molecule has 2 aromatic rings. The molecular weight excluding hydrogens is 460 g/mol. The molecule has 0 aliphatic carbocycles. The van der Waals surface area contributed by atoms with E-state index in [4.69, 9.17) is 5.73 Å². The molecule has 0 bridgehead atoms. The second-order valence-corrected chi connectivity index (χ2v) is 12.8. The molecule has 2 rings (SSSR count). The number of carbonyl (C=O) groups excluding carboxylic acids is 2. The van der Waals surface area contributed by atoms with Crippen LogP contribution in [-0.4, -0.2) is 41.4 Å². The summed E-state index contributed by atoms with van der Waals surface area (Å²) in [5, 5.41) is 6.11. The van der Waals surface area contributed by atoms with Crippen molar-refractivity contribution in [1.82, 2.24) is 15.5 Å². The van der Waals surface area contributed by atoms with Crippen molar-refractivity contribution in [2.45, 2.75) is 97.8 Å². The van der Waals surface area contributed by atoms with Crippen molar-refractivity contribution in [2.24, 2.45) is 5.92 Å². The van der Waals surface area contributed by atoms with Crippen molar-refractivity contribution in [1.29, 1.82) is 0 Å². The van der Waals surface area contributed by atoms with Crippen molar-refractivity contribution in [3.05, 3.63) is 65.2 Å². The Bertz CT molecular complexity index is 1020. The minimum atomic E-state index is -0.690. The summed E-state index contributed by atoms with van der Waals surface area (Å²) in [5.74, 6) is -0.00572. The highest BCUT2D eigenvalue weighted by Gasteiger charge is 2.30. The number of nitrogens with zero attached hydrogens (tertiary/aromatic N) is 1. The lowest BCUT2D eigenvalue weighted by Gasteiger charge is -2.31. The summed E-state index contributed by atoms with van der Waals surface area (Å²) < 4.78 is 0. The average molecular weight is 509 g/mol. The molecule has 6 heteroatoms. The second kappa shape index (κ2) is 12.6. The van der Waals surface area contributed by atoms with Crippen LogP contribution in [0.15, 0.2) is 48.5 Å². The molecule has 37 heavy (non-hydrogen) atoms. The van der Waals surface area contributed by atoms with Crippen LogP contribution in [0.4, 0.5) is 5.69 Å². The molecule has 2 amide bonds. The first-order valence-electron chi connectivity index (χ1n) is 13.3. The van der Waals surface area contributed by atoms with Gasteiger partial charge in [0.1, 0.15) is 6.04 Å². The van der Waals surface area contributed by atoms with Crippen molar-refractivity contribution < 1.29 is 9.59 Å². The Balaban J connectivity index is 2.23. The van der Waals surface area contributed by atoms with E-state index in [1.165, 1.54) is 5.56 Å². The van der Waals surface area contributed by atoms with Gasteiger partial charge >= 0.3 is 0 Å². The number of rotatable bonds is 10. The van der Waals surface area contributed by atoms with Gasteiger partial charge in [0, 0.05) is 24.2 Å². The largest absolute Gasteiger partial charge is 0.399 e. The van der Waals surface area contributed by atoms with Gasteiger partial charge in [-0.25, -0.2) is 0 Å². The highest BCUT2D eigenvalue weighted by Crippen LogP contribution is 2.23. The van der Waals surface area contributed by atoms with E-state index < -0.39 is 11.6 Å². The van der Waals surface area contributed by atoms with Crippen LogP contribution in [-0.2, 0) is 28.0 Å². The molecule has 0 radical (unpaired) electrons. The second-order valence-electron chi connectivity index (χ2n) is 12.8. The average Bonchev–Trinajstić information content (AvgIpc) is 2.76. The Labute approximate surface area is 224 Å². The van der Waals surface area contributed by atoms with Crippen LogP contribution in [0.2, 0.25) is 0 Å². The van der Waals surface area contributed by atoms with Crippen LogP contribution < -0.4 is 16.4 Å². The van der Waals surface area contributed by atoms with E-state index >= 15 is 0 Å². The molecule has 6 nitrogen and oxygen atoms in total. The van der Waals surface area contributed by atoms with E-state index in [1.54, 1.807) is 0 Å². The molecule has 0 saturated heterocycles. The topological polar surface area (TPSA) is 87.5 Å². The van der Waals surface area contributed by atoms with E-state index in [0.29, 0.717) is 31.0 Å². The zero-order chi connectivity index (χ0) is 28.0. The molecule has 0 aromatic heterocycles. The molecule has 0 unspecified atom stereocenters. The number of likely N-dealkylation sites (N-methyl/N-ethyl adjacent to an activating group) is 1. The summed E-state index contributed by atoms with van der Waals surface area (Å²) in [6, 6.07) is 15.0. The molecule has 2 aromatic carbocycles. The highest BCUT2D eigenvalue weighted by molar-refractivity contribution is 5.90. The molecular formula is C31H48N4O2. The lowest BCUT2D eigenvalue weighted by molar-refractivity contribution is -0.132. The van der Waals surface area contributed by atoms with Gasteiger partial charge in [-0.05, 0) is 74.4 Å². The molecule has 0 heterocycles. The summed E-state index contributed by atoms with van der Waals surface area (Å²) in [5.41, 5.74) is 9.57. The Morgan fingerprint density at radius 3 is 1.89 bits per heavy atom. The van der Waals surface area contributed by atoms with Crippen LogP contribution in [0.25, 0.3) is 0 Å². The fraction of sp³-hybridized carbons (Fsp3) is 0.548. The highest BCUT2D eigenvalue weighted by atomic mass is 16.2. The molecule has 2 atom stereocenters. The third-order valence-electron chi connectivity index (χ3n) is 6.33. The van der Waals surface area contributed by atoms with Crippen LogP contribution in [0.3, 0.4) is 0 Å². The molecule has 0 fully saturated rings. The third kappa shape index (κ3) is 10.2. The minimum absolute atomic E-state index is 0.0949. The van der Waals surface area contributed by atoms with E-state index in [1.807, 2.05) is 52.1 Å². The summed E-state index contributed by atoms with van der Waals surface area (Å²) in [6.07, 6.45) is 1.08. The Morgan fingerprint density at radius 2 is 1.41 bits per heavy atom. The van der Waals surface area contributed by atoms with Gasteiger partial charge in [-0.2, -0.15) is 0 Å². The van der Waals surface area contributed by atoms with Gasteiger partial charge in [-0.1, -0.05) is 71.0 Å². The maximum atomic E-state index is 13.7. The van der Waals surface area contributed by atoms with Gasteiger partial charge in [0.15, 0.2) is 0 Å². The molecule has 4 N–H and O–H groups in total. The maximum absolute atomic E-state index is 13.7. The van der Waals surface area contributed by atoms with Gasteiger partial charge in [0.2, 0.25) is 11.8 Å². The van der Waals surface area contributed by atoms with Crippen molar-refractivity contribution in [2.75, 3.05) is 12.8 Å². The fourth-order valence-electron chi connectivity index (χ4n) is 4.27. The monoisotopic (exact) mass is 508 g/mol. The van der Waals surface area contributed by atoms with E-state index in [2.05, 4.69) is 74.4 Å². The van der Waals surface area contributed by atoms with Crippen molar-refractivity contribution >= 4 is 17.5 Å². The number of amides is 2. The number of carbonyl (C=O) groups is 2. The molecule has 204 valence electrons. The third-order valence-corrected chi connectivity index (χ3v) is 6.33. The number of nitrogens with two attached hydrogens (primary N) is 1. The minimum Gasteiger partial charge on any atom is -0.399 e. The predicted molar refractivity (Wildman–Crippen MR) is 154 cm³/mol. The number of nitrogen functional groups attached to an aromatic ring is 1. The van der Waals surface area contributed by atoms with Crippen molar-refractivity contribution in [3.63, 3.8) is 0 Å². The molecule has 0 aliphatic heterocycles. The number of nitrogens with one attached hydrogen (secondary N) is 2. The Hall–Kier alpha value is -2.86. The van der Waals surface area contributed by atoms with Crippen LogP contribution in [0, 0.1) is 5.92 Å². The van der Waals surface area contributed by atoms with Crippen LogP contribution in [0.1, 0.15) is 78.5 Å². The summed E-state index contributed by atoms with van der Waals surface area (Å²) in [4.78, 5) is 29.0. The number of hydrogen-bond acceptors (Lipinski definition) is 4. The van der Waals surface area contributed by atoms with Gasteiger partial charge in [0.25, 0.3) is 0 Å². The smallest absolute Gasteiger partial charge is 0.243 e. The van der Waals surface area contributed by atoms with Gasteiger partial charge in [-0.15, -0.1) is 0 Å².